The summed E-state index contributed by atoms with van der Waals surface area (Å²) in [5, 5.41) is 5.39. The molecule has 4 aromatic rings. The minimum absolute atomic E-state index is 0.122. The number of nitrogens with one attached hydrogen (secondary N) is 1. The first-order valence-corrected chi connectivity index (χ1v) is 9.73. The zero-order valence-corrected chi connectivity index (χ0v) is 15.9. The van der Waals surface area contributed by atoms with Crippen molar-refractivity contribution in [3.05, 3.63) is 53.2 Å². The molecule has 0 fully saturated rings. The number of methoxy groups -OCH3 is 1. The first-order valence-electron chi connectivity index (χ1n) is 7.87. The van der Waals surface area contributed by atoms with Crippen molar-refractivity contribution in [3.63, 3.8) is 0 Å². The Balaban J connectivity index is 1.84. The molecule has 1 N–H and O–H groups in total. The summed E-state index contributed by atoms with van der Waals surface area (Å²) in [7, 11) is -2.64. The van der Waals surface area contributed by atoms with Crippen LogP contribution in [0.2, 0.25) is 5.02 Å². The molecule has 0 spiro atoms. The number of aryl methyl sites for hydroxylation is 1. The number of halogens is 1. The Morgan fingerprint density at radius 1 is 1.15 bits per heavy atom. The van der Waals surface area contributed by atoms with E-state index in [1.807, 2.05) is 18.2 Å². The molecule has 8 nitrogen and oxygen atoms in total. The predicted molar refractivity (Wildman–Crippen MR) is 102 cm³/mol. The maximum atomic E-state index is 12.9. The number of sulfonamides is 1. The van der Waals surface area contributed by atoms with Crippen LogP contribution < -0.4 is 9.46 Å². The SMILES string of the molecule is COc1cc(C)nc2nc(S(=O)(=O)Nc3c(Cl)ccc4ccccc34)nn12. The van der Waals surface area contributed by atoms with Gasteiger partial charge in [0.05, 0.1) is 17.8 Å². The third-order valence-corrected chi connectivity index (χ3v) is 5.39. The third-order valence-electron chi connectivity index (χ3n) is 3.95. The minimum atomic E-state index is -4.10. The maximum Gasteiger partial charge on any atom is 0.299 e. The van der Waals surface area contributed by atoms with E-state index in [1.165, 1.54) is 11.6 Å². The van der Waals surface area contributed by atoms with Crippen LogP contribution in [0.5, 0.6) is 5.88 Å². The van der Waals surface area contributed by atoms with Gasteiger partial charge in [0.25, 0.3) is 21.0 Å². The molecule has 138 valence electrons. The van der Waals surface area contributed by atoms with Gasteiger partial charge in [0.2, 0.25) is 5.88 Å². The Morgan fingerprint density at radius 2 is 1.93 bits per heavy atom. The van der Waals surface area contributed by atoms with E-state index >= 15 is 0 Å². The standard InChI is InChI=1S/C17H14ClN5O3S/c1-10-9-14(26-2)23-16(19-10)20-17(21-23)27(24,25)22-15-12-6-4-3-5-11(12)7-8-13(15)18/h3-9,22H,1-2H3. The lowest BCUT2D eigenvalue weighted by atomic mass is 10.1. The molecular formula is C17H14ClN5O3S. The van der Waals surface area contributed by atoms with Crippen LogP contribution in [0.3, 0.4) is 0 Å². The fourth-order valence-electron chi connectivity index (χ4n) is 2.72. The Hall–Kier alpha value is -2.91. The zero-order valence-electron chi connectivity index (χ0n) is 14.3. The van der Waals surface area contributed by atoms with E-state index < -0.39 is 15.2 Å². The van der Waals surface area contributed by atoms with E-state index in [2.05, 4.69) is 19.8 Å². The molecule has 0 unspecified atom stereocenters. The van der Waals surface area contributed by atoms with E-state index in [1.54, 1.807) is 31.2 Å². The number of hydrogen-bond acceptors (Lipinski definition) is 6. The number of benzene rings is 2. The zero-order chi connectivity index (χ0) is 19.2. The molecule has 27 heavy (non-hydrogen) atoms. The average molecular weight is 404 g/mol. The summed E-state index contributed by atoms with van der Waals surface area (Å²) in [6, 6.07) is 12.4. The predicted octanol–water partition coefficient (Wildman–Crippen LogP) is 3.05. The van der Waals surface area contributed by atoms with Crippen LogP contribution in [0.25, 0.3) is 16.6 Å². The van der Waals surface area contributed by atoms with Crippen LogP contribution in [-0.2, 0) is 10.0 Å². The van der Waals surface area contributed by atoms with Crippen LogP contribution in [-0.4, -0.2) is 35.1 Å². The molecule has 0 radical (unpaired) electrons. The number of anilines is 1. The van der Waals surface area contributed by atoms with Crippen LogP contribution in [0, 0.1) is 6.92 Å². The lowest BCUT2D eigenvalue weighted by molar-refractivity contribution is 0.383. The highest BCUT2D eigenvalue weighted by molar-refractivity contribution is 7.92. The average Bonchev–Trinajstić information content (AvgIpc) is 3.08. The molecule has 0 bridgehead atoms. The topological polar surface area (TPSA) is 98.5 Å². The molecule has 4 rings (SSSR count). The van der Waals surface area contributed by atoms with E-state index in [4.69, 9.17) is 16.3 Å². The Labute approximate surface area is 159 Å². The summed E-state index contributed by atoms with van der Waals surface area (Å²) in [4.78, 5) is 8.21. The molecular weight excluding hydrogens is 390 g/mol. The first-order chi connectivity index (χ1) is 12.9. The van der Waals surface area contributed by atoms with Crippen molar-refractivity contribution in [1.29, 1.82) is 0 Å². The van der Waals surface area contributed by atoms with Crippen molar-refractivity contribution < 1.29 is 13.2 Å². The summed E-state index contributed by atoms with van der Waals surface area (Å²) >= 11 is 6.24. The van der Waals surface area contributed by atoms with Gasteiger partial charge >= 0.3 is 0 Å². The van der Waals surface area contributed by atoms with E-state index in [0.29, 0.717) is 17.0 Å². The van der Waals surface area contributed by atoms with Crippen molar-refractivity contribution in [1.82, 2.24) is 19.6 Å². The monoisotopic (exact) mass is 403 g/mol. The fraction of sp³-hybridized carbons (Fsp3) is 0.118. The van der Waals surface area contributed by atoms with E-state index in [0.717, 1.165) is 5.39 Å². The highest BCUT2D eigenvalue weighted by Crippen LogP contribution is 2.32. The minimum Gasteiger partial charge on any atom is -0.481 e. The highest BCUT2D eigenvalue weighted by atomic mass is 35.5. The second-order valence-corrected chi connectivity index (χ2v) is 7.78. The van der Waals surface area contributed by atoms with Gasteiger partial charge in [-0.2, -0.15) is 17.9 Å². The van der Waals surface area contributed by atoms with Crippen molar-refractivity contribution in [2.75, 3.05) is 11.8 Å². The van der Waals surface area contributed by atoms with E-state index in [-0.39, 0.29) is 16.5 Å². The number of rotatable bonds is 4. The summed E-state index contributed by atoms with van der Waals surface area (Å²) in [5.41, 5.74) is 0.894. The van der Waals surface area contributed by atoms with Crippen molar-refractivity contribution in [3.8, 4) is 5.88 Å². The molecule has 0 saturated carbocycles. The Morgan fingerprint density at radius 3 is 2.70 bits per heavy atom. The molecule has 0 amide bonds. The van der Waals surface area contributed by atoms with Crippen molar-refractivity contribution >= 4 is 43.9 Å². The smallest absolute Gasteiger partial charge is 0.299 e. The lowest BCUT2D eigenvalue weighted by Crippen LogP contribution is -2.15. The third kappa shape index (κ3) is 3.04. The molecule has 2 aromatic carbocycles. The number of fused-ring (bicyclic) bond motifs is 2. The van der Waals surface area contributed by atoms with Gasteiger partial charge in [-0.05, 0) is 18.4 Å². The second kappa shape index (κ2) is 6.36. The van der Waals surface area contributed by atoms with Gasteiger partial charge in [-0.1, -0.05) is 41.9 Å². The van der Waals surface area contributed by atoms with Crippen LogP contribution in [0.15, 0.2) is 47.6 Å². The van der Waals surface area contributed by atoms with Crippen molar-refractivity contribution in [2.45, 2.75) is 12.1 Å². The maximum absolute atomic E-state index is 12.9. The summed E-state index contributed by atoms with van der Waals surface area (Å²) in [6.07, 6.45) is 0. The summed E-state index contributed by atoms with van der Waals surface area (Å²) in [6.45, 7) is 1.75. The highest BCUT2D eigenvalue weighted by Gasteiger charge is 2.24. The fourth-order valence-corrected chi connectivity index (χ4v) is 3.96. The lowest BCUT2D eigenvalue weighted by Gasteiger charge is -2.10. The molecule has 0 aliphatic rings. The van der Waals surface area contributed by atoms with Crippen LogP contribution in [0.4, 0.5) is 5.69 Å². The van der Waals surface area contributed by atoms with Gasteiger partial charge < -0.3 is 4.74 Å². The van der Waals surface area contributed by atoms with Crippen LogP contribution >= 0.6 is 11.6 Å². The first kappa shape index (κ1) is 17.5. The van der Waals surface area contributed by atoms with Gasteiger partial charge in [0.15, 0.2) is 0 Å². The Kier molecular flexibility index (Phi) is 4.12. The number of nitrogens with zero attached hydrogens (tertiary/aromatic N) is 4. The van der Waals surface area contributed by atoms with Gasteiger partial charge in [-0.15, -0.1) is 5.10 Å². The molecule has 0 aliphatic carbocycles. The quantitative estimate of drug-likeness (QED) is 0.562. The Bertz CT molecular complexity index is 1290. The summed E-state index contributed by atoms with van der Waals surface area (Å²) in [5.74, 6) is 0.450. The summed E-state index contributed by atoms with van der Waals surface area (Å²) < 4.78 is 34.7. The normalized spacial score (nSPS) is 11.8. The van der Waals surface area contributed by atoms with Crippen LogP contribution in [0.1, 0.15) is 5.69 Å². The number of aromatic nitrogens is 4. The molecule has 2 aromatic heterocycles. The largest absolute Gasteiger partial charge is 0.481 e. The van der Waals surface area contributed by atoms with Gasteiger partial charge in [-0.25, -0.2) is 4.98 Å². The van der Waals surface area contributed by atoms with Gasteiger partial charge in [0, 0.05) is 17.1 Å². The molecule has 0 aliphatic heterocycles. The van der Waals surface area contributed by atoms with Gasteiger partial charge in [0.1, 0.15) is 0 Å². The molecule has 0 saturated heterocycles. The van der Waals surface area contributed by atoms with Gasteiger partial charge in [-0.3, -0.25) is 4.72 Å². The number of ether oxygens (including phenoxy) is 1. The molecule has 10 heteroatoms. The number of hydrogen-bond donors (Lipinski definition) is 1. The second-order valence-electron chi connectivity index (χ2n) is 5.80. The molecule has 0 atom stereocenters. The van der Waals surface area contributed by atoms with E-state index in [9.17, 15) is 8.42 Å². The molecule has 2 heterocycles. The van der Waals surface area contributed by atoms with Crippen molar-refractivity contribution in [2.24, 2.45) is 0 Å².